The number of aromatic nitrogens is 10. The molecule has 5 fully saturated rings. The SMILES string of the molecule is C=C(Nc1ccc(F)cc1)c1n[nH]c2ccc(C(=O)N3CCCCC3)cc12.C=C(Nc1ccc(O)cc1)c1n[nH]c2ccc(C(=O)N3CCCCC3)cc12.C=C(Nc1ccc(OC)cc1)c1n[nH]c2ccc(C(=O)N3CCCCC3)cc12.C=C(Nc1ccccc1)c1n[nH]c2ccc(C(=O)N3CCCCC3)cc12.C=C(Nc1ccccc1)c1n[nH]c2ccc(C(=O)N3CCN(CCC)CC3)cc12. The van der Waals surface area contributed by atoms with Gasteiger partial charge in [-0.3, -0.25) is 54.4 Å². The summed E-state index contributed by atoms with van der Waals surface area (Å²) in [4.78, 5) is 76.4. The van der Waals surface area contributed by atoms with E-state index >= 15 is 0 Å². The number of ether oxygens (including phenoxy) is 1. The Morgan fingerprint density at radius 1 is 0.321 bits per heavy atom. The number of halogens is 1. The number of fused-ring (bicyclic) bond motifs is 5. The molecule has 5 aliphatic rings. The topological polar surface area (TPSA) is 338 Å². The van der Waals surface area contributed by atoms with E-state index in [0.717, 1.165) is 243 Å². The average Bonchev–Trinajstić information content (AvgIpc) is 1.68. The van der Waals surface area contributed by atoms with Gasteiger partial charge in [-0.2, -0.15) is 25.5 Å². The molecule has 5 aliphatic heterocycles. The smallest absolute Gasteiger partial charge is 0.253 e. The predicted molar refractivity (Wildman–Crippen MR) is 546 cm³/mol. The number of piperidine rings is 4. The summed E-state index contributed by atoms with van der Waals surface area (Å²) in [7, 11) is 1.64. The maximum absolute atomic E-state index is 13.1. The number of nitrogens with zero attached hydrogens (tertiary/aromatic N) is 11. The maximum Gasteiger partial charge on any atom is 0.253 e. The van der Waals surface area contributed by atoms with Crippen molar-refractivity contribution in [3.8, 4) is 11.5 Å². The van der Waals surface area contributed by atoms with Crippen LogP contribution in [0.1, 0.15) is 171 Å². The summed E-state index contributed by atoms with van der Waals surface area (Å²) in [5, 5.41) is 66.9. The first kappa shape index (κ1) is 94.3. The standard InChI is InChI=1S/C23H27N5O.C22H24N4O2.C21H21FN4O.C21H22N4O2.C21H22N4O/c1-3-11-27-12-14-28(15-13-27)23(29)18-9-10-21-20(16-18)22(26-25-21)17(2)24-19-7-5-4-6-8-19;1-15(23-17-7-9-18(28-2)10-8-17)21-19-14-16(6-11-20(19)24-25-21)22(27)26-12-4-3-5-13-26;1-14(23-17-8-6-16(22)7-9-17)20-18-13-15(5-10-19(18)24-25-20)21(27)26-11-3-2-4-12-26;1-14(22-16-6-8-17(26)9-7-16)20-18-13-15(5-10-19(18)23-24-20)21(27)25-11-3-2-4-12-25;1-15(22-17-8-4-2-5-9-17)20-18-14-16(10-11-19(18)23-24-20)21(26)25-12-6-3-7-13-25/h4-10,16,24H,2-3,11-15H2,1H3,(H,25,26);6-11,14,23H,1,3-5,12-13H2,2H3,(H,24,25);5-10,13,23H,1-4,11-12H2,(H,24,25);5-10,13,22,26H,1-4,11-12H2,(H,23,24);2,4-5,8-11,14,22H,1,3,6-7,12-13H2,(H,23,24). The van der Waals surface area contributed by atoms with Crippen LogP contribution in [0.4, 0.5) is 32.8 Å². The first-order valence-electron chi connectivity index (χ1n) is 47.0. The number of phenols is 1. The number of aromatic hydroxyl groups is 1. The maximum atomic E-state index is 13.1. The second-order valence-electron chi connectivity index (χ2n) is 34.7. The summed E-state index contributed by atoms with van der Waals surface area (Å²) in [5.41, 5.74) is 18.8. The number of hydrogen-bond acceptors (Lipinski definition) is 18. The molecule has 0 unspecified atom stereocenters. The van der Waals surface area contributed by atoms with Crippen molar-refractivity contribution in [3.63, 3.8) is 0 Å². The second-order valence-corrected chi connectivity index (χ2v) is 34.7. The Balaban J connectivity index is 0.000000124. The molecule has 137 heavy (non-hydrogen) atoms. The molecule has 5 aromatic heterocycles. The number of para-hydroxylation sites is 2. The van der Waals surface area contributed by atoms with Gasteiger partial charge in [-0.1, -0.05) is 76.2 Å². The lowest BCUT2D eigenvalue weighted by Gasteiger charge is -2.34. The minimum atomic E-state index is -0.294. The highest BCUT2D eigenvalue weighted by Gasteiger charge is 2.28. The van der Waals surface area contributed by atoms with Gasteiger partial charge in [0.2, 0.25) is 0 Å². The van der Waals surface area contributed by atoms with Gasteiger partial charge in [0.05, 0.1) is 63.2 Å². The van der Waals surface area contributed by atoms with Gasteiger partial charge in [0.1, 0.15) is 45.8 Å². The van der Waals surface area contributed by atoms with Gasteiger partial charge in [-0.15, -0.1) is 0 Å². The zero-order valence-electron chi connectivity index (χ0n) is 77.5. The summed E-state index contributed by atoms with van der Waals surface area (Å²) < 4.78 is 18.3. The minimum absolute atomic E-state index is 0.0563. The van der Waals surface area contributed by atoms with Crippen LogP contribution < -0.4 is 31.3 Å². The van der Waals surface area contributed by atoms with Crippen LogP contribution in [0.2, 0.25) is 0 Å². The molecule has 0 radical (unpaired) electrons. The Bertz CT molecular complexity index is 6650. The highest BCUT2D eigenvalue weighted by atomic mass is 19.1. The molecular weight excluding hydrogens is 1720 g/mol. The molecule has 10 heterocycles. The van der Waals surface area contributed by atoms with Gasteiger partial charge in [-0.25, -0.2) is 4.39 Å². The van der Waals surface area contributed by atoms with Gasteiger partial charge in [0.25, 0.3) is 29.5 Å². The van der Waals surface area contributed by atoms with Crippen molar-refractivity contribution >= 4 is 141 Å². The number of benzene rings is 10. The Morgan fingerprint density at radius 3 is 0.818 bits per heavy atom. The number of amides is 5. The minimum Gasteiger partial charge on any atom is -0.508 e. The predicted octanol–water partition coefficient (Wildman–Crippen LogP) is 20.8. The van der Waals surface area contributed by atoms with Crippen LogP contribution in [0.5, 0.6) is 11.5 Å². The van der Waals surface area contributed by atoms with E-state index in [-0.39, 0.29) is 41.1 Å². The number of anilines is 5. The highest BCUT2D eigenvalue weighted by molar-refractivity contribution is 6.06. The van der Waals surface area contributed by atoms with Crippen molar-refractivity contribution in [2.45, 2.75) is 90.4 Å². The van der Waals surface area contributed by atoms with E-state index in [4.69, 9.17) is 4.74 Å². The molecule has 5 saturated heterocycles. The van der Waals surface area contributed by atoms with Crippen molar-refractivity contribution in [3.05, 3.63) is 319 Å². The molecular formula is C108H116FN21O7. The summed E-state index contributed by atoms with van der Waals surface area (Å²) in [6, 6.07) is 68.4. The van der Waals surface area contributed by atoms with E-state index in [2.05, 4.69) is 122 Å². The molecule has 11 N–H and O–H groups in total. The molecule has 20 rings (SSSR count). The lowest BCUT2D eigenvalue weighted by molar-refractivity contribution is 0.0636. The number of aromatic amines is 5. The second kappa shape index (κ2) is 44.7. The van der Waals surface area contributed by atoms with Gasteiger partial charge in [0, 0.05) is 162 Å². The monoisotopic (exact) mass is 1840 g/mol. The van der Waals surface area contributed by atoms with E-state index < -0.39 is 0 Å². The van der Waals surface area contributed by atoms with Crippen LogP contribution in [-0.4, -0.2) is 207 Å². The molecule has 5 amide bonds. The van der Waals surface area contributed by atoms with Crippen LogP contribution >= 0.6 is 0 Å². The molecule has 0 spiro atoms. The van der Waals surface area contributed by atoms with Crippen molar-refractivity contribution in [2.24, 2.45) is 0 Å². The van der Waals surface area contributed by atoms with Gasteiger partial charge >= 0.3 is 0 Å². The van der Waals surface area contributed by atoms with E-state index in [0.29, 0.717) is 73.4 Å². The average molecular weight is 1840 g/mol. The van der Waals surface area contributed by atoms with Crippen molar-refractivity contribution in [1.29, 1.82) is 0 Å². The summed E-state index contributed by atoms with van der Waals surface area (Å²) in [6.45, 7) is 33.9. The van der Waals surface area contributed by atoms with Gasteiger partial charge in [0.15, 0.2) is 0 Å². The van der Waals surface area contributed by atoms with Gasteiger partial charge < -0.3 is 60.9 Å². The molecule has 10 aromatic carbocycles. The Hall–Kier alpha value is -15.9. The number of likely N-dealkylation sites (tertiary alicyclic amines) is 4. The fourth-order valence-electron chi connectivity index (χ4n) is 17.6. The van der Waals surface area contributed by atoms with Crippen LogP contribution in [0.25, 0.3) is 83.0 Å². The fraction of sp³-hybridized carbons (Fsp3) is 0.259. The quantitative estimate of drug-likeness (QED) is 0.0265. The normalized spacial score (nSPS) is 14.4. The molecule has 702 valence electrons. The Morgan fingerprint density at radius 2 is 0.562 bits per heavy atom. The lowest BCUT2D eigenvalue weighted by atomic mass is 10.1. The lowest BCUT2D eigenvalue weighted by Crippen LogP contribution is -2.48. The molecule has 28 nitrogen and oxygen atoms in total. The number of hydrogen-bond donors (Lipinski definition) is 11. The zero-order chi connectivity index (χ0) is 95.3. The van der Waals surface area contributed by atoms with E-state index in [1.54, 1.807) is 43.5 Å². The molecule has 15 aromatic rings. The first-order chi connectivity index (χ1) is 66.8. The summed E-state index contributed by atoms with van der Waals surface area (Å²) in [6.07, 6.45) is 14.5. The molecule has 0 aliphatic carbocycles. The van der Waals surface area contributed by atoms with Crippen LogP contribution in [0.15, 0.2) is 257 Å². The first-order valence-corrected chi connectivity index (χ1v) is 47.0. The van der Waals surface area contributed by atoms with E-state index in [9.17, 15) is 33.5 Å². The zero-order valence-corrected chi connectivity index (χ0v) is 77.5. The number of nitrogens with one attached hydrogen (secondary N) is 10. The number of phenolic OH excluding ortho intramolecular Hbond substituents is 1. The van der Waals surface area contributed by atoms with E-state index in [1.165, 1.54) is 37.8 Å². The Kier molecular flexibility index (Phi) is 30.8. The third kappa shape index (κ3) is 23.5. The number of piperazine rings is 1. The van der Waals surface area contributed by atoms with Crippen LogP contribution in [0.3, 0.4) is 0 Å². The largest absolute Gasteiger partial charge is 0.508 e. The van der Waals surface area contributed by atoms with Crippen LogP contribution in [0, 0.1) is 5.82 Å². The van der Waals surface area contributed by atoms with E-state index in [1.807, 2.05) is 200 Å². The van der Waals surface area contributed by atoms with Crippen molar-refractivity contribution in [1.82, 2.24) is 80.4 Å². The number of methoxy groups -OCH3 is 1. The fourth-order valence-corrected chi connectivity index (χ4v) is 17.6. The third-order valence-electron chi connectivity index (χ3n) is 25.1. The van der Waals surface area contributed by atoms with Crippen molar-refractivity contribution in [2.75, 3.05) is 119 Å². The number of carbonyl (C=O) groups excluding carboxylic acids is 5. The third-order valence-corrected chi connectivity index (χ3v) is 25.1. The number of rotatable bonds is 23. The molecule has 0 saturated carbocycles. The summed E-state index contributed by atoms with van der Waals surface area (Å²) in [5.74, 6) is 1.10. The van der Waals surface area contributed by atoms with Crippen LogP contribution in [-0.2, 0) is 0 Å². The number of H-pyrrole nitrogens is 5. The molecule has 0 bridgehead atoms. The Labute approximate surface area is 795 Å². The molecule has 0 atom stereocenters. The molecule has 29 heteroatoms. The van der Waals surface area contributed by atoms with Crippen molar-refractivity contribution < 1.29 is 38.2 Å². The van der Waals surface area contributed by atoms with Gasteiger partial charge in [-0.05, 0) is 278 Å². The highest BCUT2D eigenvalue weighted by Crippen LogP contribution is 2.34. The number of carbonyl (C=O) groups is 5. The summed E-state index contributed by atoms with van der Waals surface area (Å²) >= 11 is 0.